The van der Waals surface area contributed by atoms with Crippen LogP contribution in [0.2, 0.25) is 0 Å². The van der Waals surface area contributed by atoms with Gasteiger partial charge in [0.05, 0.1) is 5.69 Å². The zero-order valence-corrected chi connectivity index (χ0v) is 15.6. The molecule has 0 spiro atoms. The van der Waals surface area contributed by atoms with Gasteiger partial charge < -0.3 is 19.3 Å². The lowest BCUT2D eigenvalue weighted by Gasteiger charge is -2.24. The molecule has 0 atom stereocenters. The fourth-order valence-corrected chi connectivity index (χ4v) is 2.81. The van der Waals surface area contributed by atoms with Gasteiger partial charge >= 0.3 is 0 Å². The van der Waals surface area contributed by atoms with Gasteiger partial charge in [-0.05, 0) is 45.0 Å². The molecule has 2 aromatic heterocycles. The van der Waals surface area contributed by atoms with E-state index in [4.69, 9.17) is 14.0 Å². The molecule has 1 aliphatic heterocycles. The molecule has 4 rings (SSSR count). The maximum Gasteiger partial charge on any atom is 0.267 e. The third-order valence-corrected chi connectivity index (χ3v) is 4.42. The first-order valence-corrected chi connectivity index (χ1v) is 8.60. The first-order valence-electron chi connectivity index (χ1n) is 8.60. The number of aromatic nitrogens is 3. The molecule has 0 unspecified atom stereocenters. The van der Waals surface area contributed by atoms with Crippen molar-refractivity contribution in [2.45, 2.75) is 26.3 Å². The molecule has 9 nitrogen and oxygen atoms in total. The number of fused-ring (bicyclic) bond motifs is 1. The number of anilines is 1. The van der Waals surface area contributed by atoms with Gasteiger partial charge in [0.1, 0.15) is 11.3 Å². The highest BCUT2D eigenvalue weighted by Crippen LogP contribution is 2.35. The summed E-state index contributed by atoms with van der Waals surface area (Å²) in [6.45, 7) is 5.09. The van der Waals surface area contributed by atoms with Crippen LogP contribution in [0.4, 0.5) is 5.82 Å². The van der Waals surface area contributed by atoms with Gasteiger partial charge in [0.15, 0.2) is 17.3 Å². The van der Waals surface area contributed by atoms with Gasteiger partial charge in [-0.15, -0.1) is 0 Å². The molecular weight excluding hydrogens is 364 g/mol. The standard InChI is InChI=1S/C19H18N4O5/c1-11-8-16(22-28-11)20-18(25)19(2,3)23-17(24)7-5-13(21-23)12-4-6-14-15(9-12)27-10-26-14/h4-9H,10H2,1-3H3,(H,20,22,25). The number of ether oxygens (including phenoxy) is 2. The van der Waals surface area contributed by atoms with Gasteiger partial charge in [-0.2, -0.15) is 5.10 Å². The molecule has 1 aliphatic rings. The summed E-state index contributed by atoms with van der Waals surface area (Å²) in [7, 11) is 0. The SMILES string of the molecule is Cc1cc(NC(=O)C(C)(C)n2nc(-c3ccc4c(c3)OCO4)ccc2=O)no1. The number of amides is 1. The van der Waals surface area contributed by atoms with Crippen LogP contribution in [-0.2, 0) is 10.3 Å². The Morgan fingerprint density at radius 3 is 2.68 bits per heavy atom. The predicted molar refractivity (Wildman–Crippen MR) is 99.2 cm³/mol. The lowest BCUT2D eigenvalue weighted by molar-refractivity contribution is -0.123. The van der Waals surface area contributed by atoms with Crippen molar-refractivity contribution in [2.75, 3.05) is 12.1 Å². The second-order valence-electron chi connectivity index (χ2n) is 6.87. The highest BCUT2D eigenvalue weighted by Gasteiger charge is 2.33. The molecule has 3 heterocycles. The van der Waals surface area contributed by atoms with Crippen molar-refractivity contribution in [3.05, 3.63) is 52.5 Å². The predicted octanol–water partition coefficient (Wildman–Crippen LogP) is 2.31. The zero-order chi connectivity index (χ0) is 19.9. The Morgan fingerprint density at radius 1 is 1.14 bits per heavy atom. The monoisotopic (exact) mass is 382 g/mol. The maximum absolute atomic E-state index is 12.8. The van der Waals surface area contributed by atoms with E-state index in [1.165, 1.54) is 6.07 Å². The Kier molecular flexibility index (Phi) is 4.14. The second kappa shape index (κ2) is 6.52. The second-order valence-corrected chi connectivity index (χ2v) is 6.87. The first kappa shape index (κ1) is 17.8. The van der Waals surface area contributed by atoms with Crippen LogP contribution < -0.4 is 20.3 Å². The Balaban J connectivity index is 1.68. The molecule has 0 saturated carbocycles. The smallest absolute Gasteiger partial charge is 0.267 e. The number of nitrogens with one attached hydrogen (secondary N) is 1. The van der Waals surface area contributed by atoms with E-state index in [1.54, 1.807) is 45.0 Å². The highest BCUT2D eigenvalue weighted by atomic mass is 16.7. The Hall–Kier alpha value is -3.62. The molecule has 0 aliphatic carbocycles. The highest BCUT2D eigenvalue weighted by molar-refractivity contribution is 5.95. The molecule has 3 aromatic rings. The van der Waals surface area contributed by atoms with Crippen molar-refractivity contribution in [3.8, 4) is 22.8 Å². The number of nitrogens with zero attached hydrogens (tertiary/aromatic N) is 3. The summed E-state index contributed by atoms with van der Waals surface area (Å²) in [6.07, 6.45) is 0. The largest absolute Gasteiger partial charge is 0.454 e. The quantitative estimate of drug-likeness (QED) is 0.737. The number of aryl methyl sites for hydroxylation is 1. The van der Waals surface area contributed by atoms with E-state index in [9.17, 15) is 9.59 Å². The van der Waals surface area contributed by atoms with Gasteiger partial charge in [-0.3, -0.25) is 9.59 Å². The summed E-state index contributed by atoms with van der Waals surface area (Å²) in [6, 6.07) is 9.95. The fraction of sp³-hybridized carbons (Fsp3) is 0.263. The van der Waals surface area contributed by atoms with E-state index >= 15 is 0 Å². The number of rotatable bonds is 4. The molecule has 0 saturated heterocycles. The summed E-state index contributed by atoms with van der Waals surface area (Å²) < 4.78 is 16.8. The van der Waals surface area contributed by atoms with Crippen LogP contribution >= 0.6 is 0 Å². The van der Waals surface area contributed by atoms with E-state index in [0.29, 0.717) is 23.0 Å². The minimum absolute atomic E-state index is 0.167. The number of hydrogen-bond donors (Lipinski definition) is 1. The number of carbonyl (C=O) groups excluding carboxylic acids is 1. The fourth-order valence-electron chi connectivity index (χ4n) is 2.81. The van der Waals surface area contributed by atoms with Crippen molar-refractivity contribution in [2.24, 2.45) is 0 Å². The Labute approximate surface area is 159 Å². The van der Waals surface area contributed by atoms with E-state index in [2.05, 4.69) is 15.6 Å². The zero-order valence-electron chi connectivity index (χ0n) is 15.6. The van der Waals surface area contributed by atoms with Crippen LogP contribution in [-0.4, -0.2) is 27.6 Å². The van der Waals surface area contributed by atoms with Gasteiger partial charge in [-0.1, -0.05) is 5.16 Å². The van der Waals surface area contributed by atoms with E-state index in [-0.39, 0.29) is 12.6 Å². The molecule has 1 N–H and O–H groups in total. The average Bonchev–Trinajstić information content (AvgIpc) is 3.29. The molecule has 0 fully saturated rings. The van der Waals surface area contributed by atoms with Crippen LogP contribution in [0.3, 0.4) is 0 Å². The lowest BCUT2D eigenvalue weighted by atomic mass is 10.0. The van der Waals surface area contributed by atoms with Crippen LogP contribution in [0, 0.1) is 6.92 Å². The third kappa shape index (κ3) is 3.11. The minimum Gasteiger partial charge on any atom is -0.454 e. The van der Waals surface area contributed by atoms with Crippen LogP contribution in [0.25, 0.3) is 11.3 Å². The summed E-state index contributed by atoms with van der Waals surface area (Å²) in [5.41, 5.74) is -0.408. The van der Waals surface area contributed by atoms with Crippen molar-refractivity contribution in [3.63, 3.8) is 0 Å². The normalized spacial score (nSPS) is 12.8. The van der Waals surface area contributed by atoms with Gasteiger partial charge in [0.25, 0.3) is 11.5 Å². The van der Waals surface area contributed by atoms with E-state index in [1.807, 2.05) is 6.07 Å². The molecule has 144 valence electrons. The summed E-state index contributed by atoms with van der Waals surface area (Å²) in [4.78, 5) is 25.2. The van der Waals surface area contributed by atoms with Crippen molar-refractivity contribution >= 4 is 11.7 Å². The minimum atomic E-state index is -1.27. The first-order chi connectivity index (χ1) is 13.3. The topological polar surface area (TPSA) is 108 Å². The van der Waals surface area contributed by atoms with Gasteiger partial charge in [0, 0.05) is 17.7 Å². The van der Waals surface area contributed by atoms with Crippen molar-refractivity contribution in [1.82, 2.24) is 14.9 Å². The molecular formula is C19H18N4O5. The molecule has 1 aromatic carbocycles. The molecule has 9 heteroatoms. The summed E-state index contributed by atoms with van der Waals surface area (Å²) >= 11 is 0. The van der Waals surface area contributed by atoms with E-state index < -0.39 is 17.0 Å². The number of benzene rings is 1. The number of carbonyl (C=O) groups is 1. The average molecular weight is 382 g/mol. The Bertz CT molecular complexity index is 1120. The van der Waals surface area contributed by atoms with Crippen LogP contribution in [0.5, 0.6) is 11.5 Å². The van der Waals surface area contributed by atoms with Crippen LogP contribution in [0.15, 0.2) is 45.7 Å². The summed E-state index contributed by atoms with van der Waals surface area (Å²) in [5.74, 6) is 1.65. The molecule has 1 amide bonds. The lowest BCUT2D eigenvalue weighted by Crippen LogP contribution is -2.47. The summed E-state index contributed by atoms with van der Waals surface area (Å²) in [5, 5.41) is 10.8. The molecule has 0 bridgehead atoms. The van der Waals surface area contributed by atoms with Gasteiger partial charge in [0.2, 0.25) is 6.79 Å². The number of hydrogen-bond acceptors (Lipinski definition) is 7. The maximum atomic E-state index is 12.8. The van der Waals surface area contributed by atoms with Crippen molar-refractivity contribution < 1.29 is 18.8 Å². The van der Waals surface area contributed by atoms with Crippen LogP contribution in [0.1, 0.15) is 19.6 Å². The molecule has 0 radical (unpaired) electrons. The Morgan fingerprint density at radius 2 is 1.93 bits per heavy atom. The molecule has 28 heavy (non-hydrogen) atoms. The van der Waals surface area contributed by atoms with Gasteiger partial charge in [-0.25, -0.2) is 4.68 Å². The van der Waals surface area contributed by atoms with Crippen molar-refractivity contribution in [1.29, 1.82) is 0 Å². The third-order valence-electron chi connectivity index (χ3n) is 4.42. The van der Waals surface area contributed by atoms with E-state index in [0.717, 1.165) is 10.2 Å².